The number of halogens is 3. The highest BCUT2D eigenvalue weighted by atomic mass is 19.2. The molecule has 0 unspecified atom stereocenters. The number of carbonyl (C=O) groups is 1. The zero-order valence-corrected chi connectivity index (χ0v) is 15.7. The van der Waals surface area contributed by atoms with Crippen molar-refractivity contribution in [3.63, 3.8) is 0 Å². The minimum Gasteiger partial charge on any atom is -0.334 e. The second kappa shape index (κ2) is 9.33. The van der Waals surface area contributed by atoms with Gasteiger partial charge in [0.2, 0.25) is 5.91 Å². The molecule has 1 N–H and O–H groups in total. The molecule has 3 rings (SSSR count). The van der Waals surface area contributed by atoms with E-state index in [-0.39, 0.29) is 13.1 Å². The zero-order valence-electron chi connectivity index (χ0n) is 15.7. The van der Waals surface area contributed by atoms with Gasteiger partial charge in [-0.1, -0.05) is 30.3 Å². The molecule has 1 aromatic heterocycles. The lowest BCUT2D eigenvalue weighted by molar-refractivity contribution is -0.117. The third kappa shape index (κ3) is 5.20. The number of anilines is 1. The van der Waals surface area contributed by atoms with Gasteiger partial charge in [-0.15, -0.1) is 0 Å². The lowest BCUT2D eigenvalue weighted by Crippen LogP contribution is -2.34. The molecule has 9 heteroatoms. The summed E-state index contributed by atoms with van der Waals surface area (Å²) in [6.07, 6.45) is 0.746. The summed E-state index contributed by atoms with van der Waals surface area (Å²) in [5.74, 6) is -4.21. The minimum atomic E-state index is -1.63. The maximum absolute atomic E-state index is 13.7. The predicted molar refractivity (Wildman–Crippen MR) is 100 cm³/mol. The van der Waals surface area contributed by atoms with Gasteiger partial charge in [-0.25, -0.2) is 13.2 Å². The number of hydrogen-bond acceptors (Lipinski definition) is 5. The van der Waals surface area contributed by atoms with E-state index in [9.17, 15) is 18.0 Å². The molecule has 0 aliphatic rings. The number of amides is 1. The maximum atomic E-state index is 13.7. The summed E-state index contributed by atoms with van der Waals surface area (Å²) < 4.78 is 45.3. The first-order valence-corrected chi connectivity index (χ1v) is 9.01. The van der Waals surface area contributed by atoms with Crippen LogP contribution in [0, 0.1) is 17.5 Å². The number of rotatable bonds is 8. The van der Waals surface area contributed by atoms with Crippen LogP contribution < -0.4 is 5.32 Å². The van der Waals surface area contributed by atoms with Crippen LogP contribution in [0.1, 0.15) is 19.2 Å². The molecule has 0 atom stereocenters. The first-order valence-electron chi connectivity index (χ1n) is 9.01. The first kappa shape index (κ1) is 20.5. The van der Waals surface area contributed by atoms with Crippen molar-refractivity contribution in [1.29, 1.82) is 0 Å². The van der Waals surface area contributed by atoms with Gasteiger partial charge in [-0.05, 0) is 37.2 Å². The molecule has 1 amide bonds. The van der Waals surface area contributed by atoms with Crippen LogP contribution in [0.25, 0.3) is 11.5 Å². The van der Waals surface area contributed by atoms with Gasteiger partial charge in [0.05, 0.1) is 18.8 Å². The highest BCUT2D eigenvalue weighted by Crippen LogP contribution is 2.20. The van der Waals surface area contributed by atoms with E-state index in [1.807, 2.05) is 37.3 Å². The van der Waals surface area contributed by atoms with Gasteiger partial charge in [-0.3, -0.25) is 9.69 Å². The molecule has 0 saturated carbocycles. The van der Waals surface area contributed by atoms with Gasteiger partial charge in [0.25, 0.3) is 5.89 Å². The predicted octanol–water partition coefficient (Wildman–Crippen LogP) is 4.00. The van der Waals surface area contributed by atoms with Gasteiger partial charge < -0.3 is 9.84 Å². The molecule has 0 aliphatic carbocycles. The summed E-state index contributed by atoms with van der Waals surface area (Å²) >= 11 is 0. The van der Waals surface area contributed by atoms with Gasteiger partial charge in [0.15, 0.2) is 23.3 Å². The summed E-state index contributed by atoms with van der Waals surface area (Å²) in [5.41, 5.74) is 0.358. The van der Waals surface area contributed by atoms with Crippen molar-refractivity contribution in [1.82, 2.24) is 15.0 Å². The van der Waals surface area contributed by atoms with E-state index in [0.717, 1.165) is 24.1 Å². The first-order chi connectivity index (χ1) is 14.0. The highest BCUT2D eigenvalue weighted by molar-refractivity contribution is 5.92. The zero-order chi connectivity index (χ0) is 20.8. The van der Waals surface area contributed by atoms with E-state index in [0.29, 0.717) is 18.3 Å². The largest absolute Gasteiger partial charge is 0.334 e. The van der Waals surface area contributed by atoms with Crippen LogP contribution in [-0.4, -0.2) is 34.0 Å². The Hall–Kier alpha value is -3.20. The topological polar surface area (TPSA) is 71.3 Å². The van der Waals surface area contributed by atoms with E-state index < -0.39 is 29.0 Å². The molecular weight excluding hydrogens is 385 g/mol. The van der Waals surface area contributed by atoms with E-state index in [1.165, 1.54) is 0 Å². The molecule has 0 radical (unpaired) electrons. The summed E-state index contributed by atoms with van der Waals surface area (Å²) in [6, 6.07) is 11.0. The lowest BCUT2D eigenvalue weighted by atomic mass is 10.2. The van der Waals surface area contributed by atoms with E-state index >= 15 is 0 Å². The molecule has 0 saturated heterocycles. The van der Waals surface area contributed by atoms with Crippen molar-refractivity contribution < 1.29 is 22.5 Å². The maximum Gasteiger partial charge on any atom is 0.257 e. The Morgan fingerprint density at radius 2 is 1.86 bits per heavy atom. The van der Waals surface area contributed by atoms with Gasteiger partial charge in [0.1, 0.15) is 0 Å². The van der Waals surface area contributed by atoms with Crippen molar-refractivity contribution in [3.05, 3.63) is 65.7 Å². The van der Waals surface area contributed by atoms with Gasteiger partial charge in [-0.2, -0.15) is 4.98 Å². The van der Waals surface area contributed by atoms with Crippen LogP contribution in [0.2, 0.25) is 0 Å². The van der Waals surface area contributed by atoms with Crippen LogP contribution >= 0.6 is 0 Å². The fraction of sp³-hybridized carbons (Fsp3) is 0.250. The van der Waals surface area contributed by atoms with E-state index in [2.05, 4.69) is 15.5 Å². The Morgan fingerprint density at radius 1 is 1.10 bits per heavy atom. The van der Waals surface area contributed by atoms with E-state index in [4.69, 9.17) is 4.52 Å². The van der Waals surface area contributed by atoms with Crippen LogP contribution in [0.15, 0.2) is 47.0 Å². The molecule has 3 aromatic rings. The molecule has 6 nitrogen and oxygen atoms in total. The lowest BCUT2D eigenvalue weighted by Gasteiger charge is -2.19. The second-order valence-corrected chi connectivity index (χ2v) is 6.36. The molecular formula is C20H19F3N4O2. The smallest absolute Gasteiger partial charge is 0.257 e. The summed E-state index contributed by atoms with van der Waals surface area (Å²) in [5, 5.41) is 6.19. The third-order valence-corrected chi connectivity index (χ3v) is 4.07. The van der Waals surface area contributed by atoms with Crippen molar-refractivity contribution >= 4 is 11.6 Å². The molecule has 2 aromatic carbocycles. The van der Waals surface area contributed by atoms with Crippen LogP contribution in [0.3, 0.4) is 0 Å². The molecule has 29 heavy (non-hydrogen) atoms. The fourth-order valence-electron chi connectivity index (χ4n) is 2.76. The Morgan fingerprint density at radius 3 is 2.59 bits per heavy atom. The average molecular weight is 404 g/mol. The number of nitrogens with zero attached hydrogens (tertiary/aromatic N) is 3. The van der Waals surface area contributed by atoms with Crippen molar-refractivity contribution in [2.24, 2.45) is 0 Å². The Balaban J connectivity index is 1.65. The van der Waals surface area contributed by atoms with Crippen molar-refractivity contribution in [2.75, 3.05) is 18.4 Å². The summed E-state index contributed by atoms with van der Waals surface area (Å²) in [6.45, 7) is 2.60. The number of aromatic nitrogens is 2. The summed E-state index contributed by atoms with van der Waals surface area (Å²) in [4.78, 5) is 18.3. The highest BCUT2D eigenvalue weighted by Gasteiger charge is 2.18. The standard InChI is InChI=1S/C20H19F3N4O2/c1-2-10-27(11-16-25-20(29-26-16)13-6-4-3-5-7-13)12-17(28)24-15-9-8-14(21)18(22)19(15)23/h3-9H,2,10-12H2,1H3,(H,24,28). The SMILES string of the molecule is CCCN(CC(=O)Nc1ccc(F)c(F)c1F)Cc1noc(-c2ccccc2)n1. The number of nitrogens with one attached hydrogen (secondary N) is 1. The summed E-state index contributed by atoms with van der Waals surface area (Å²) in [7, 11) is 0. The Labute approximate surface area is 165 Å². The quantitative estimate of drug-likeness (QED) is 0.575. The van der Waals surface area contributed by atoms with Gasteiger partial charge >= 0.3 is 0 Å². The molecule has 0 spiro atoms. The molecule has 152 valence electrons. The molecule has 1 heterocycles. The normalized spacial score (nSPS) is 11.1. The van der Waals surface area contributed by atoms with Gasteiger partial charge in [0, 0.05) is 5.56 Å². The number of benzene rings is 2. The molecule has 0 bridgehead atoms. The second-order valence-electron chi connectivity index (χ2n) is 6.36. The average Bonchev–Trinajstić information content (AvgIpc) is 3.18. The molecule has 0 aliphatic heterocycles. The Kier molecular flexibility index (Phi) is 6.61. The van der Waals surface area contributed by atoms with Crippen LogP contribution in [-0.2, 0) is 11.3 Å². The van der Waals surface area contributed by atoms with E-state index in [1.54, 1.807) is 4.90 Å². The monoisotopic (exact) mass is 404 g/mol. The molecule has 0 fully saturated rings. The van der Waals surface area contributed by atoms with Crippen molar-refractivity contribution in [2.45, 2.75) is 19.9 Å². The fourth-order valence-corrected chi connectivity index (χ4v) is 2.76. The van der Waals surface area contributed by atoms with Crippen molar-refractivity contribution in [3.8, 4) is 11.5 Å². The third-order valence-electron chi connectivity index (χ3n) is 4.07. The van der Waals surface area contributed by atoms with Crippen LogP contribution in [0.5, 0.6) is 0 Å². The minimum absolute atomic E-state index is 0.110. The number of carbonyl (C=O) groups excluding carboxylic acids is 1. The van der Waals surface area contributed by atoms with Crippen LogP contribution in [0.4, 0.5) is 18.9 Å². The number of hydrogen-bond donors (Lipinski definition) is 1. The Bertz CT molecular complexity index is 979.